The molecule has 26 heavy (non-hydrogen) atoms. The van der Waals surface area contributed by atoms with Gasteiger partial charge in [0.1, 0.15) is 5.82 Å². The first-order valence-corrected chi connectivity index (χ1v) is 8.54. The Morgan fingerprint density at radius 1 is 1.35 bits per heavy atom. The van der Waals surface area contributed by atoms with E-state index in [-0.39, 0.29) is 11.6 Å². The molecule has 0 saturated carbocycles. The number of methoxy groups -OCH3 is 1. The molecule has 9 nitrogen and oxygen atoms in total. The summed E-state index contributed by atoms with van der Waals surface area (Å²) in [6, 6.07) is 2.07. The Hall–Kier alpha value is -2.68. The minimum absolute atomic E-state index is 0.0346. The number of nitrogens with zero attached hydrogens (tertiary/aromatic N) is 6. The smallest absolute Gasteiger partial charge is 0.331 e. The van der Waals surface area contributed by atoms with Crippen LogP contribution in [-0.4, -0.2) is 64.9 Å². The van der Waals surface area contributed by atoms with Crippen LogP contribution in [0, 0.1) is 10.1 Å². The zero-order valence-corrected chi connectivity index (χ0v) is 15.5. The van der Waals surface area contributed by atoms with E-state index in [1.165, 1.54) is 13.2 Å². The van der Waals surface area contributed by atoms with Crippen LogP contribution in [0.15, 0.2) is 18.5 Å². The van der Waals surface area contributed by atoms with Gasteiger partial charge in [-0.15, -0.1) is 0 Å². The van der Waals surface area contributed by atoms with E-state index < -0.39 is 4.92 Å². The van der Waals surface area contributed by atoms with Crippen molar-refractivity contribution in [3.63, 3.8) is 0 Å². The van der Waals surface area contributed by atoms with E-state index in [0.29, 0.717) is 17.4 Å². The number of rotatable bonds is 5. The Balaban J connectivity index is 2.04. The first kappa shape index (κ1) is 18.1. The molecule has 1 aliphatic heterocycles. The third kappa shape index (κ3) is 3.48. The van der Waals surface area contributed by atoms with E-state index in [9.17, 15) is 10.1 Å². The van der Waals surface area contributed by atoms with Gasteiger partial charge in [-0.3, -0.25) is 14.8 Å². The van der Waals surface area contributed by atoms with Crippen LogP contribution in [0.4, 0.5) is 11.5 Å². The fourth-order valence-corrected chi connectivity index (χ4v) is 3.37. The predicted molar refractivity (Wildman–Crippen MR) is 98.6 cm³/mol. The summed E-state index contributed by atoms with van der Waals surface area (Å²) in [6.45, 7) is 1.67. The maximum atomic E-state index is 11.4. The Labute approximate surface area is 152 Å². The van der Waals surface area contributed by atoms with Gasteiger partial charge < -0.3 is 14.5 Å². The highest BCUT2D eigenvalue weighted by Crippen LogP contribution is 2.38. The SMILES string of the molecule is COc1nc(N2CCC(N(C)C)CC2)c(-c2cnn(C)c2)cc1[N+](=O)[O-]. The lowest BCUT2D eigenvalue weighted by atomic mass is 10.0. The highest BCUT2D eigenvalue weighted by Gasteiger charge is 2.28. The van der Waals surface area contributed by atoms with Crippen LogP contribution in [0.1, 0.15) is 12.8 Å². The number of aryl methyl sites for hydroxylation is 1. The van der Waals surface area contributed by atoms with Gasteiger partial charge in [0.2, 0.25) is 0 Å². The molecule has 0 spiro atoms. The van der Waals surface area contributed by atoms with E-state index in [1.54, 1.807) is 10.9 Å². The number of hydrogen-bond acceptors (Lipinski definition) is 7. The molecular formula is C17H24N6O3. The molecule has 0 amide bonds. The number of hydrogen-bond donors (Lipinski definition) is 0. The van der Waals surface area contributed by atoms with Crippen molar-refractivity contribution in [2.24, 2.45) is 7.05 Å². The molecule has 0 bridgehead atoms. The summed E-state index contributed by atoms with van der Waals surface area (Å²) in [5.74, 6) is 0.741. The number of pyridine rings is 1. The topological polar surface area (TPSA) is 89.6 Å². The van der Waals surface area contributed by atoms with Crippen molar-refractivity contribution in [2.75, 3.05) is 39.2 Å². The molecule has 0 aromatic carbocycles. The number of aromatic nitrogens is 3. The Bertz CT molecular complexity index is 796. The van der Waals surface area contributed by atoms with E-state index >= 15 is 0 Å². The van der Waals surface area contributed by atoms with Crippen molar-refractivity contribution in [3.8, 4) is 17.0 Å². The Morgan fingerprint density at radius 3 is 2.54 bits per heavy atom. The molecule has 1 fully saturated rings. The van der Waals surface area contributed by atoms with E-state index in [1.807, 2.05) is 13.2 Å². The standard InChI is InChI=1S/C17H24N6O3/c1-20(2)13-5-7-22(8-6-13)16-14(12-10-18-21(3)11-12)9-15(23(24)25)17(19-16)26-4/h9-11,13H,5-8H2,1-4H3. The van der Waals surface area contributed by atoms with Crippen molar-refractivity contribution in [1.82, 2.24) is 19.7 Å². The van der Waals surface area contributed by atoms with Crippen molar-refractivity contribution in [2.45, 2.75) is 18.9 Å². The van der Waals surface area contributed by atoms with Gasteiger partial charge in [-0.2, -0.15) is 10.1 Å². The Morgan fingerprint density at radius 2 is 2.04 bits per heavy atom. The van der Waals surface area contributed by atoms with Crippen molar-refractivity contribution >= 4 is 11.5 Å². The van der Waals surface area contributed by atoms with Gasteiger partial charge in [0.15, 0.2) is 0 Å². The molecule has 140 valence electrons. The average Bonchev–Trinajstić information content (AvgIpc) is 3.06. The lowest BCUT2D eigenvalue weighted by molar-refractivity contribution is -0.386. The average molecular weight is 360 g/mol. The molecule has 1 saturated heterocycles. The lowest BCUT2D eigenvalue weighted by Gasteiger charge is -2.36. The maximum absolute atomic E-state index is 11.4. The third-order valence-electron chi connectivity index (χ3n) is 4.85. The molecule has 9 heteroatoms. The van der Waals surface area contributed by atoms with Gasteiger partial charge >= 0.3 is 5.69 Å². The third-order valence-corrected chi connectivity index (χ3v) is 4.85. The first-order chi connectivity index (χ1) is 12.4. The quantitative estimate of drug-likeness (QED) is 0.594. The number of ether oxygens (including phenoxy) is 1. The first-order valence-electron chi connectivity index (χ1n) is 8.54. The summed E-state index contributed by atoms with van der Waals surface area (Å²) in [4.78, 5) is 19.9. The van der Waals surface area contributed by atoms with Gasteiger partial charge in [-0.05, 0) is 26.9 Å². The fraction of sp³-hybridized carbons (Fsp3) is 0.529. The summed E-state index contributed by atoms with van der Waals surface area (Å²) in [6.07, 6.45) is 5.56. The molecule has 0 aliphatic carbocycles. The fourth-order valence-electron chi connectivity index (χ4n) is 3.37. The maximum Gasteiger partial charge on any atom is 0.331 e. The highest BCUT2D eigenvalue weighted by molar-refractivity contribution is 5.78. The normalized spacial score (nSPS) is 15.5. The number of anilines is 1. The minimum atomic E-state index is -0.465. The number of nitro groups is 1. The monoisotopic (exact) mass is 360 g/mol. The summed E-state index contributed by atoms with van der Waals surface area (Å²) in [7, 11) is 7.40. The van der Waals surface area contributed by atoms with Crippen LogP contribution in [0.2, 0.25) is 0 Å². The van der Waals surface area contributed by atoms with Crippen LogP contribution in [-0.2, 0) is 7.05 Å². The number of piperidine rings is 1. The van der Waals surface area contributed by atoms with Crippen LogP contribution in [0.3, 0.4) is 0 Å². The van der Waals surface area contributed by atoms with Crippen molar-refractivity contribution in [1.29, 1.82) is 0 Å². The summed E-state index contributed by atoms with van der Waals surface area (Å²) >= 11 is 0. The predicted octanol–water partition coefficient (Wildman–Crippen LogP) is 1.93. The summed E-state index contributed by atoms with van der Waals surface area (Å²) < 4.78 is 6.86. The molecule has 0 unspecified atom stereocenters. The second-order valence-electron chi connectivity index (χ2n) is 6.73. The van der Waals surface area contributed by atoms with Crippen molar-refractivity contribution in [3.05, 3.63) is 28.6 Å². The largest absolute Gasteiger partial charge is 0.476 e. The molecule has 1 aliphatic rings. The zero-order valence-electron chi connectivity index (χ0n) is 15.5. The van der Waals surface area contributed by atoms with Gasteiger partial charge in [0.05, 0.1) is 18.2 Å². The summed E-state index contributed by atoms with van der Waals surface area (Å²) in [5, 5.41) is 15.6. The second-order valence-corrected chi connectivity index (χ2v) is 6.73. The molecule has 0 atom stereocenters. The van der Waals surface area contributed by atoms with Crippen LogP contribution in [0.5, 0.6) is 5.88 Å². The van der Waals surface area contributed by atoms with Crippen LogP contribution >= 0.6 is 0 Å². The van der Waals surface area contributed by atoms with E-state index in [0.717, 1.165) is 31.5 Å². The molecule has 3 heterocycles. The molecule has 2 aromatic rings. The van der Waals surface area contributed by atoms with Crippen LogP contribution in [0.25, 0.3) is 11.1 Å². The molecule has 0 N–H and O–H groups in total. The zero-order chi connectivity index (χ0) is 18.8. The summed E-state index contributed by atoms with van der Waals surface area (Å²) in [5.41, 5.74) is 1.36. The van der Waals surface area contributed by atoms with Gasteiger partial charge in [0.25, 0.3) is 5.88 Å². The van der Waals surface area contributed by atoms with Gasteiger partial charge in [0, 0.05) is 49.6 Å². The van der Waals surface area contributed by atoms with Gasteiger partial charge in [-0.1, -0.05) is 0 Å². The minimum Gasteiger partial charge on any atom is -0.476 e. The van der Waals surface area contributed by atoms with Crippen molar-refractivity contribution < 1.29 is 9.66 Å². The molecule has 2 aromatic heterocycles. The molecular weight excluding hydrogens is 336 g/mol. The van der Waals surface area contributed by atoms with Crippen LogP contribution < -0.4 is 9.64 Å². The Kier molecular flexibility index (Phi) is 5.08. The van der Waals surface area contributed by atoms with E-state index in [2.05, 4.69) is 34.0 Å². The molecule has 3 rings (SSSR count). The second kappa shape index (κ2) is 7.28. The van der Waals surface area contributed by atoms with Gasteiger partial charge in [-0.25, -0.2) is 0 Å². The lowest BCUT2D eigenvalue weighted by Crippen LogP contribution is -2.42. The van der Waals surface area contributed by atoms with E-state index in [4.69, 9.17) is 4.74 Å². The highest BCUT2D eigenvalue weighted by atomic mass is 16.6. The molecule has 0 radical (unpaired) electrons.